The number of rotatable bonds is 5. The standard InChI is InChI=1S/C13H27N3O/c1-5-15(6-2)13(17)14(4)11-12-9-8-10-16(12)7-3/h12H,5-11H2,1-4H3. The van der Waals surface area contributed by atoms with Crippen LogP contribution >= 0.6 is 0 Å². The molecule has 0 aliphatic carbocycles. The highest BCUT2D eigenvalue weighted by molar-refractivity contribution is 5.74. The summed E-state index contributed by atoms with van der Waals surface area (Å²) >= 11 is 0. The fourth-order valence-electron chi connectivity index (χ4n) is 2.65. The van der Waals surface area contributed by atoms with E-state index >= 15 is 0 Å². The van der Waals surface area contributed by atoms with Gasteiger partial charge in [-0.05, 0) is 39.8 Å². The van der Waals surface area contributed by atoms with E-state index in [1.54, 1.807) is 0 Å². The van der Waals surface area contributed by atoms with Gasteiger partial charge in [0.1, 0.15) is 0 Å². The molecule has 1 fully saturated rings. The maximum absolute atomic E-state index is 12.1. The Morgan fingerprint density at radius 1 is 1.29 bits per heavy atom. The van der Waals surface area contributed by atoms with Gasteiger partial charge in [-0.1, -0.05) is 6.92 Å². The Bertz CT molecular complexity index is 241. The molecular formula is C13H27N3O. The molecular weight excluding hydrogens is 214 g/mol. The molecule has 0 aromatic heterocycles. The van der Waals surface area contributed by atoms with Crippen molar-refractivity contribution in [3.05, 3.63) is 0 Å². The number of carbonyl (C=O) groups is 1. The first-order valence-electron chi connectivity index (χ1n) is 6.88. The highest BCUT2D eigenvalue weighted by Gasteiger charge is 2.26. The van der Waals surface area contributed by atoms with Crippen LogP contribution in [0.4, 0.5) is 4.79 Å². The van der Waals surface area contributed by atoms with Gasteiger partial charge in [0, 0.05) is 32.7 Å². The largest absolute Gasteiger partial charge is 0.326 e. The highest BCUT2D eigenvalue weighted by atomic mass is 16.2. The molecule has 1 saturated heterocycles. The average Bonchev–Trinajstić information content (AvgIpc) is 2.77. The van der Waals surface area contributed by atoms with Gasteiger partial charge in [-0.25, -0.2) is 4.79 Å². The molecule has 1 aliphatic heterocycles. The number of hydrogen-bond acceptors (Lipinski definition) is 2. The summed E-state index contributed by atoms with van der Waals surface area (Å²) in [4.78, 5) is 18.4. The fourth-order valence-corrected chi connectivity index (χ4v) is 2.65. The lowest BCUT2D eigenvalue weighted by molar-refractivity contribution is 0.149. The molecule has 4 heteroatoms. The topological polar surface area (TPSA) is 26.8 Å². The van der Waals surface area contributed by atoms with Crippen LogP contribution in [0.15, 0.2) is 0 Å². The summed E-state index contributed by atoms with van der Waals surface area (Å²) in [7, 11) is 1.92. The molecule has 1 heterocycles. The smallest absolute Gasteiger partial charge is 0.319 e. The predicted octanol–water partition coefficient (Wildman–Crippen LogP) is 1.86. The number of likely N-dealkylation sites (tertiary alicyclic amines) is 1. The highest BCUT2D eigenvalue weighted by Crippen LogP contribution is 2.17. The zero-order chi connectivity index (χ0) is 12.8. The van der Waals surface area contributed by atoms with E-state index < -0.39 is 0 Å². The van der Waals surface area contributed by atoms with Crippen molar-refractivity contribution in [2.45, 2.75) is 39.7 Å². The molecule has 0 N–H and O–H groups in total. The third-order valence-electron chi connectivity index (χ3n) is 3.75. The minimum atomic E-state index is 0.165. The Kier molecular flexibility index (Phi) is 5.75. The monoisotopic (exact) mass is 241 g/mol. The van der Waals surface area contributed by atoms with E-state index in [2.05, 4.69) is 11.8 Å². The molecule has 1 aliphatic rings. The zero-order valence-electron chi connectivity index (χ0n) is 11.8. The predicted molar refractivity (Wildman–Crippen MR) is 71.2 cm³/mol. The molecule has 1 atom stereocenters. The van der Waals surface area contributed by atoms with Gasteiger partial charge >= 0.3 is 6.03 Å². The fraction of sp³-hybridized carbons (Fsp3) is 0.923. The lowest BCUT2D eigenvalue weighted by Crippen LogP contribution is -2.46. The minimum Gasteiger partial charge on any atom is -0.326 e. The number of nitrogens with zero attached hydrogens (tertiary/aromatic N) is 3. The Balaban J connectivity index is 2.47. The molecule has 0 aromatic rings. The maximum Gasteiger partial charge on any atom is 0.319 e. The number of likely N-dealkylation sites (N-methyl/N-ethyl adjacent to an activating group) is 2. The van der Waals surface area contributed by atoms with Crippen molar-refractivity contribution in [2.75, 3.05) is 39.8 Å². The Labute approximate surface area is 106 Å². The Morgan fingerprint density at radius 3 is 2.47 bits per heavy atom. The van der Waals surface area contributed by atoms with Crippen LogP contribution in [0.2, 0.25) is 0 Å². The zero-order valence-corrected chi connectivity index (χ0v) is 11.8. The third kappa shape index (κ3) is 3.60. The van der Waals surface area contributed by atoms with E-state index in [4.69, 9.17) is 0 Å². The van der Waals surface area contributed by atoms with Gasteiger partial charge in [0.2, 0.25) is 0 Å². The van der Waals surface area contributed by atoms with Crippen molar-refractivity contribution in [1.29, 1.82) is 0 Å². The molecule has 1 rings (SSSR count). The molecule has 2 amide bonds. The van der Waals surface area contributed by atoms with Gasteiger partial charge in [0.15, 0.2) is 0 Å². The molecule has 0 bridgehead atoms. The van der Waals surface area contributed by atoms with Gasteiger partial charge in [-0.2, -0.15) is 0 Å². The number of urea groups is 1. The molecule has 0 radical (unpaired) electrons. The van der Waals surface area contributed by atoms with Crippen LogP contribution in [0.25, 0.3) is 0 Å². The second-order valence-corrected chi connectivity index (χ2v) is 4.76. The van der Waals surface area contributed by atoms with Crippen molar-refractivity contribution < 1.29 is 4.79 Å². The normalized spacial score (nSPS) is 20.6. The summed E-state index contributed by atoms with van der Waals surface area (Å²) in [6.07, 6.45) is 2.50. The summed E-state index contributed by atoms with van der Waals surface area (Å²) in [6.45, 7) is 11.0. The van der Waals surface area contributed by atoms with Crippen LogP contribution in [-0.2, 0) is 0 Å². The van der Waals surface area contributed by atoms with Crippen LogP contribution in [0.3, 0.4) is 0 Å². The van der Waals surface area contributed by atoms with Crippen LogP contribution < -0.4 is 0 Å². The third-order valence-corrected chi connectivity index (χ3v) is 3.75. The van der Waals surface area contributed by atoms with Gasteiger partial charge < -0.3 is 9.80 Å². The number of carbonyl (C=O) groups excluding carboxylic acids is 1. The van der Waals surface area contributed by atoms with Crippen LogP contribution in [0, 0.1) is 0 Å². The number of amides is 2. The van der Waals surface area contributed by atoms with E-state index in [1.165, 1.54) is 19.4 Å². The Hall–Kier alpha value is -0.770. The number of hydrogen-bond donors (Lipinski definition) is 0. The van der Waals surface area contributed by atoms with Crippen molar-refractivity contribution in [3.8, 4) is 0 Å². The molecule has 17 heavy (non-hydrogen) atoms. The summed E-state index contributed by atoms with van der Waals surface area (Å²) < 4.78 is 0. The minimum absolute atomic E-state index is 0.165. The van der Waals surface area contributed by atoms with Gasteiger partial charge in [0.05, 0.1) is 0 Å². The van der Waals surface area contributed by atoms with E-state index in [9.17, 15) is 4.79 Å². The van der Waals surface area contributed by atoms with Crippen molar-refractivity contribution in [1.82, 2.24) is 14.7 Å². The molecule has 0 spiro atoms. The average molecular weight is 241 g/mol. The van der Waals surface area contributed by atoms with Gasteiger partial charge in [-0.15, -0.1) is 0 Å². The van der Waals surface area contributed by atoms with Gasteiger partial charge in [0.25, 0.3) is 0 Å². The van der Waals surface area contributed by atoms with Crippen molar-refractivity contribution >= 4 is 6.03 Å². The van der Waals surface area contributed by atoms with E-state index in [0.29, 0.717) is 6.04 Å². The maximum atomic E-state index is 12.1. The first-order chi connectivity index (χ1) is 8.13. The van der Waals surface area contributed by atoms with E-state index in [-0.39, 0.29) is 6.03 Å². The SMILES string of the molecule is CCN(CC)C(=O)N(C)CC1CCCN1CC. The van der Waals surface area contributed by atoms with Crippen molar-refractivity contribution in [3.63, 3.8) is 0 Å². The molecule has 4 nitrogen and oxygen atoms in total. The summed E-state index contributed by atoms with van der Waals surface area (Å²) in [6, 6.07) is 0.725. The second-order valence-electron chi connectivity index (χ2n) is 4.76. The first-order valence-corrected chi connectivity index (χ1v) is 6.88. The van der Waals surface area contributed by atoms with Crippen molar-refractivity contribution in [2.24, 2.45) is 0 Å². The molecule has 0 aromatic carbocycles. The van der Waals surface area contributed by atoms with E-state index in [0.717, 1.165) is 26.2 Å². The summed E-state index contributed by atoms with van der Waals surface area (Å²) in [5, 5.41) is 0. The Morgan fingerprint density at radius 2 is 1.94 bits per heavy atom. The molecule has 1 unspecified atom stereocenters. The summed E-state index contributed by atoms with van der Waals surface area (Å²) in [5.74, 6) is 0. The van der Waals surface area contributed by atoms with Crippen LogP contribution in [0.1, 0.15) is 33.6 Å². The quantitative estimate of drug-likeness (QED) is 0.734. The van der Waals surface area contributed by atoms with E-state index in [1.807, 2.05) is 30.7 Å². The first kappa shape index (κ1) is 14.3. The second kappa shape index (κ2) is 6.84. The summed E-state index contributed by atoms with van der Waals surface area (Å²) in [5.41, 5.74) is 0. The molecule has 100 valence electrons. The van der Waals surface area contributed by atoms with Gasteiger partial charge in [-0.3, -0.25) is 4.90 Å². The van der Waals surface area contributed by atoms with Crippen LogP contribution in [0.5, 0.6) is 0 Å². The molecule has 0 saturated carbocycles. The lowest BCUT2D eigenvalue weighted by Gasteiger charge is -2.31. The lowest BCUT2D eigenvalue weighted by atomic mass is 10.2. The van der Waals surface area contributed by atoms with Crippen LogP contribution in [-0.4, -0.2) is 66.5 Å².